The highest BCUT2D eigenvalue weighted by molar-refractivity contribution is 7.27. The van der Waals surface area contributed by atoms with Gasteiger partial charge in [-0.3, -0.25) is 0 Å². The minimum Gasteiger partial charge on any atom is -0.308 e. The molecule has 0 saturated heterocycles. The monoisotopic (exact) mass is 633 g/mol. The first-order chi connectivity index (χ1) is 23.3. The second kappa shape index (κ2) is 10.5. The lowest BCUT2D eigenvalue weighted by molar-refractivity contribution is 1.19. The molecule has 3 heterocycles. The van der Waals surface area contributed by atoms with Crippen molar-refractivity contribution >= 4 is 74.1 Å². The van der Waals surface area contributed by atoms with E-state index in [-0.39, 0.29) is 0 Å². The number of rotatable bonds is 4. The standard InChI is InChI=1S/C44H27NS2/c1-3-10-28(11-4-1)32-18-21-35-36-22-19-33(27-42(36)46-41(35)26-32)30-13-9-12-29(24-30)31-20-23-40-38(25-31)43-44(47-40)37-16-7-8-17-39(37)45(43)34-14-5-2-6-15-34/h1-27H. The Balaban J connectivity index is 1.08. The molecule has 0 atom stereocenters. The summed E-state index contributed by atoms with van der Waals surface area (Å²) in [6.07, 6.45) is 0. The van der Waals surface area contributed by atoms with Gasteiger partial charge >= 0.3 is 0 Å². The van der Waals surface area contributed by atoms with Crippen LogP contribution in [0.4, 0.5) is 0 Å². The molecule has 0 saturated carbocycles. The van der Waals surface area contributed by atoms with Gasteiger partial charge in [-0.05, 0) is 81.9 Å². The molecular weight excluding hydrogens is 607 g/mol. The highest BCUT2D eigenvalue weighted by Gasteiger charge is 2.18. The van der Waals surface area contributed by atoms with Crippen LogP contribution in [-0.2, 0) is 0 Å². The first-order valence-electron chi connectivity index (χ1n) is 15.9. The molecular formula is C44H27NS2. The molecule has 0 spiro atoms. The minimum absolute atomic E-state index is 1.19. The van der Waals surface area contributed by atoms with Crippen LogP contribution in [0.1, 0.15) is 0 Å². The molecule has 47 heavy (non-hydrogen) atoms. The molecule has 0 N–H and O–H groups in total. The van der Waals surface area contributed by atoms with Gasteiger partial charge in [0.05, 0.1) is 15.7 Å². The third-order valence-electron chi connectivity index (χ3n) is 9.40. The Morgan fingerprint density at radius 2 is 0.915 bits per heavy atom. The number of benzene rings is 7. The molecule has 0 amide bonds. The molecule has 10 rings (SSSR count). The predicted molar refractivity (Wildman–Crippen MR) is 205 cm³/mol. The van der Waals surface area contributed by atoms with E-state index in [0.717, 1.165) is 0 Å². The molecule has 0 aliphatic rings. The summed E-state index contributed by atoms with van der Waals surface area (Å²) in [6, 6.07) is 60.0. The number of hydrogen-bond donors (Lipinski definition) is 0. The van der Waals surface area contributed by atoms with E-state index in [1.54, 1.807) is 0 Å². The summed E-state index contributed by atoms with van der Waals surface area (Å²) in [6.45, 7) is 0. The predicted octanol–water partition coefficient (Wildman–Crippen LogP) is 13.4. The van der Waals surface area contributed by atoms with E-state index in [0.29, 0.717) is 0 Å². The molecule has 0 aliphatic carbocycles. The van der Waals surface area contributed by atoms with Gasteiger partial charge in [-0.15, -0.1) is 22.7 Å². The number of hydrogen-bond acceptors (Lipinski definition) is 2. The van der Waals surface area contributed by atoms with Gasteiger partial charge in [0, 0.05) is 41.3 Å². The topological polar surface area (TPSA) is 4.93 Å². The van der Waals surface area contributed by atoms with Crippen molar-refractivity contribution in [2.24, 2.45) is 0 Å². The maximum atomic E-state index is 2.44. The fourth-order valence-electron chi connectivity index (χ4n) is 7.14. The van der Waals surface area contributed by atoms with Crippen LogP contribution in [0, 0.1) is 0 Å². The number of fused-ring (bicyclic) bond motifs is 8. The van der Waals surface area contributed by atoms with E-state index in [1.165, 1.54) is 90.4 Å². The Kier molecular flexibility index (Phi) is 5.98. The molecule has 3 heteroatoms. The molecule has 0 unspecified atom stereocenters. The van der Waals surface area contributed by atoms with Crippen LogP contribution >= 0.6 is 22.7 Å². The van der Waals surface area contributed by atoms with Crippen LogP contribution < -0.4 is 0 Å². The zero-order valence-corrected chi connectivity index (χ0v) is 27.0. The SMILES string of the molecule is c1ccc(-c2ccc3c(c2)sc2cc(-c4cccc(-c5ccc6sc7c8ccccc8n(-c8ccccc8)c7c6c5)c4)ccc23)cc1. The average Bonchev–Trinajstić information content (AvgIpc) is 3.80. The molecule has 0 aliphatic heterocycles. The summed E-state index contributed by atoms with van der Waals surface area (Å²) in [5.41, 5.74) is 11.2. The molecule has 0 fully saturated rings. The Morgan fingerprint density at radius 1 is 0.340 bits per heavy atom. The van der Waals surface area contributed by atoms with Crippen molar-refractivity contribution in [2.45, 2.75) is 0 Å². The Hall–Kier alpha value is -5.48. The lowest BCUT2D eigenvalue weighted by Gasteiger charge is -2.09. The van der Waals surface area contributed by atoms with E-state index >= 15 is 0 Å². The zero-order chi connectivity index (χ0) is 30.9. The highest BCUT2D eigenvalue weighted by Crippen LogP contribution is 2.44. The average molecular weight is 634 g/mol. The lowest BCUT2D eigenvalue weighted by Crippen LogP contribution is -1.92. The number of para-hydroxylation sites is 2. The summed E-state index contributed by atoms with van der Waals surface area (Å²) in [5.74, 6) is 0. The van der Waals surface area contributed by atoms with Crippen molar-refractivity contribution < 1.29 is 0 Å². The van der Waals surface area contributed by atoms with Crippen LogP contribution in [0.5, 0.6) is 0 Å². The van der Waals surface area contributed by atoms with Gasteiger partial charge in [0.25, 0.3) is 0 Å². The third kappa shape index (κ3) is 4.28. The van der Waals surface area contributed by atoms with Crippen LogP contribution in [0.2, 0.25) is 0 Å². The number of thiophene rings is 2. The summed E-state index contributed by atoms with van der Waals surface area (Å²) >= 11 is 3.78. The highest BCUT2D eigenvalue weighted by atomic mass is 32.1. The van der Waals surface area contributed by atoms with Crippen molar-refractivity contribution in [3.63, 3.8) is 0 Å². The van der Waals surface area contributed by atoms with E-state index in [4.69, 9.17) is 0 Å². The second-order valence-corrected chi connectivity index (χ2v) is 14.3. The maximum Gasteiger partial charge on any atom is 0.0727 e. The number of aromatic nitrogens is 1. The fraction of sp³-hybridized carbons (Fsp3) is 0. The van der Waals surface area contributed by atoms with E-state index in [9.17, 15) is 0 Å². The molecule has 220 valence electrons. The van der Waals surface area contributed by atoms with Gasteiger partial charge < -0.3 is 4.57 Å². The summed E-state index contributed by atoms with van der Waals surface area (Å²) in [4.78, 5) is 0. The van der Waals surface area contributed by atoms with Crippen molar-refractivity contribution in [2.75, 3.05) is 0 Å². The Bertz CT molecular complexity index is 2780. The molecule has 1 nitrogen and oxygen atoms in total. The third-order valence-corrected chi connectivity index (χ3v) is 11.7. The first-order valence-corrected chi connectivity index (χ1v) is 17.6. The van der Waals surface area contributed by atoms with Crippen LogP contribution in [0.3, 0.4) is 0 Å². The fourth-order valence-corrected chi connectivity index (χ4v) is 9.53. The van der Waals surface area contributed by atoms with Gasteiger partial charge in [-0.2, -0.15) is 0 Å². The first kappa shape index (κ1) is 26.7. The van der Waals surface area contributed by atoms with Gasteiger partial charge in [-0.1, -0.05) is 115 Å². The summed E-state index contributed by atoms with van der Waals surface area (Å²) in [5, 5.41) is 5.26. The molecule has 0 bridgehead atoms. The van der Waals surface area contributed by atoms with Gasteiger partial charge in [0.2, 0.25) is 0 Å². The van der Waals surface area contributed by atoms with Gasteiger partial charge in [0.15, 0.2) is 0 Å². The Morgan fingerprint density at radius 3 is 1.66 bits per heavy atom. The van der Waals surface area contributed by atoms with Crippen molar-refractivity contribution in [1.82, 2.24) is 4.57 Å². The number of nitrogens with zero attached hydrogens (tertiary/aromatic N) is 1. The molecule has 0 radical (unpaired) electrons. The lowest BCUT2D eigenvalue weighted by atomic mass is 9.97. The summed E-state index contributed by atoms with van der Waals surface area (Å²) in [7, 11) is 0. The van der Waals surface area contributed by atoms with Crippen molar-refractivity contribution in [3.8, 4) is 39.1 Å². The normalized spacial score (nSPS) is 11.8. The largest absolute Gasteiger partial charge is 0.308 e. The quantitative estimate of drug-likeness (QED) is 0.182. The van der Waals surface area contributed by atoms with E-state index in [2.05, 4.69) is 168 Å². The van der Waals surface area contributed by atoms with Gasteiger partial charge in [0.1, 0.15) is 0 Å². The van der Waals surface area contributed by atoms with Crippen LogP contribution in [0.25, 0.3) is 90.4 Å². The zero-order valence-electron chi connectivity index (χ0n) is 25.4. The smallest absolute Gasteiger partial charge is 0.0727 e. The van der Waals surface area contributed by atoms with Crippen LogP contribution in [-0.4, -0.2) is 4.57 Å². The second-order valence-electron chi connectivity index (χ2n) is 12.1. The van der Waals surface area contributed by atoms with E-state index in [1.807, 2.05) is 22.7 Å². The van der Waals surface area contributed by atoms with Crippen LogP contribution in [0.15, 0.2) is 164 Å². The Labute approximate surface area is 280 Å². The molecule has 7 aromatic carbocycles. The van der Waals surface area contributed by atoms with Crippen molar-refractivity contribution in [3.05, 3.63) is 164 Å². The van der Waals surface area contributed by atoms with Crippen molar-refractivity contribution in [1.29, 1.82) is 0 Å². The minimum atomic E-state index is 1.19. The molecule has 10 aromatic rings. The van der Waals surface area contributed by atoms with E-state index < -0.39 is 0 Å². The van der Waals surface area contributed by atoms with Gasteiger partial charge in [-0.25, -0.2) is 0 Å². The summed E-state index contributed by atoms with van der Waals surface area (Å²) < 4.78 is 7.75. The molecule has 3 aromatic heterocycles. The maximum absolute atomic E-state index is 2.44.